The number of hydrogen-bond donors (Lipinski definition) is 0. The summed E-state index contributed by atoms with van der Waals surface area (Å²) in [7, 11) is 0. The van der Waals surface area contributed by atoms with Crippen LogP contribution < -0.4 is 15.1 Å². The summed E-state index contributed by atoms with van der Waals surface area (Å²) in [6.07, 6.45) is 5.42. The van der Waals surface area contributed by atoms with Crippen molar-refractivity contribution in [3.63, 3.8) is 0 Å². The van der Waals surface area contributed by atoms with E-state index in [9.17, 15) is 0 Å². The summed E-state index contributed by atoms with van der Waals surface area (Å²) in [5, 5.41) is 1.26. The molecule has 4 heterocycles. The van der Waals surface area contributed by atoms with Gasteiger partial charge in [-0.1, -0.05) is 66.7 Å². The first-order valence-electron chi connectivity index (χ1n) is 12.0. The Balaban J connectivity index is 1.52. The lowest BCUT2D eigenvalue weighted by Crippen LogP contribution is -2.63. The summed E-state index contributed by atoms with van der Waals surface area (Å²) in [5.74, 6) is 1.00. The molecule has 3 nitrogen and oxygen atoms in total. The van der Waals surface area contributed by atoms with Gasteiger partial charge in [-0.3, -0.25) is 0 Å². The van der Waals surface area contributed by atoms with Crippen molar-refractivity contribution in [3.8, 4) is 22.3 Å². The molecule has 0 bridgehead atoms. The molecule has 4 aliphatic rings. The molecule has 0 spiro atoms. The van der Waals surface area contributed by atoms with Crippen LogP contribution in [0.5, 0.6) is 0 Å². The Bertz CT molecular complexity index is 1720. The predicted molar refractivity (Wildman–Crippen MR) is 140 cm³/mol. The fourth-order valence-electron chi connectivity index (χ4n) is 6.91. The van der Waals surface area contributed by atoms with Gasteiger partial charge in [-0.05, 0) is 53.4 Å². The molecule has 1 aliphatic carbocycles. The van der Waals surface area contributed by atoms with E-state index in [-0.39, 0.29) is 13.0 Å². The third kappa shape index (κ3) is 1.86. The van der Waals surface area contributed by atoms with Crippen molar-refractivity contribution < 1.29 is 4.42 Å². The van der Waals surface area contributed by atoms with Crippen molar-refractivity contribution in [1.29, 1.82) is 0 Å². The van der Waals surface area contributed by atoms with Gasteiger partial charge in [-0.2, -0.15) is 0 Å². The molecule has 1 atom stereocenters. The van der Waals surface area contributed by atoms with Gasteiger partial charge < -0.3 is 14.0 Å². The van der Waals surface area contributed by atoms with Crippen molar-refractivity contribution >= 4 is 46.6 Å². The lowest BCUT2D eigenvalue weighted by molar-refractivity contribution is 0.582. The van der Waals surface area contributed by atoms with Gasteiger partial charge in [0.25, 0.3) is 0 Å². The summed E-state index contributed by atoms with van der Waals surface area (Å²) in [5.41, 5.74) is 12.8. The Kier molecular flexibility index (Phi) is 2.97. The number of fused-ring (bicyclic) bond motifs is 8. The molecule has 34 heavy (non-hydrogen) atoms. The highest BCUT2D eigenvalue weighted by atomic mass is 16.3. The van der Waals surface area contributed by atoms with Crippen molar-refractivity contribution in [3.05, 3.63) is 102 Å². The Morgan fingerprint density at radius 1 is 0.706 bits per heavy atom. The second-order valence-electron chi connectivity index (χ2n) is 9.64. The van der Waals surface area contributed by atoms with Crippen LogP contribution in [0.1, 0.15) is 23.8 Å². The molecule has 9 rings (SSSR count). The summed E-state index contributed by atoms with van der Waals surface area (Å²) in [6.45, 7) is 0.0818. The minimum atomic E-state index is 0.0818. The maximum absolute atomic E-state index is 6.43. The predicted octanol–water partition coefficient (Wildman–Crippen LogP) is 6.91. The maximum Gasteiger partial charge on any atom is 0.417 e. The van der Waals surface area contributed by atoms with Crippen LogP contribution in [-0.2, 0) is 0 Å². The molecule has 1 unspecified atom stereocenters. The second-order valence-corrected chi connectivity index (χ2v) is 9.64. The van der Waals surface area contributed by atoms with Crippen LogP contribution in [0.3, 0.4) is 0 Å². The molecule has 3 aliphatic heterocycles. The van der Waals surface area contributed by atoms with E-state index in [2.05, 4.69) is 107 Å². The molecular formula is C30H19BN2O. The third-order valence-electron chi connectivity index (χ3n) is 8.11. The number of nitrogens with zero attached hydrogens (tertiary/aromatic N) is 2. The lowest BCUT2D eigenvalue weighted by atomic mass is 9.53. The molecular weight excluding hydrogens is 415 g/mol. The number of benzene rings is 4. The maximum atomic E-state index is 6.43. The van der Waals surface area contributed by atoms with Crippen LogP contribution in [0.2, 0.25) is 0 Å². The topological polar surface area (TPSA) is 19.6 Å². The molecule has 0 saturated carbocycles. The first-order chi connectivity index (χ1) is 16.9. The van der Waals surface area contributed by atoms with E-state index in [1.54, 1.807) is 0 Å². The van der Waals surface area contributed by atoms with Gasteiger partial charge in [0.2, 0.25) is 0 Å². The van der Waals surface area contributed by atoms with E-state index in [4.69, 9.17) is 4.42 Å². The van der Waals surface area contributed by atoms with Crippen molar-refractivity contribution in [2.45, 2.75) is 12.5 Å². The minimum Gasteiger partial charge on any atom is -0.456 e. The summed E-state index contributed by atoms with van der Waals surface area (Å²) < 4.78 is 6.43. The summed E-state index contributed by atoms with van der Waals surface area (Å²) in [6, 6.07) is 31.4. The van der Waals surface area contributed by atoms with E-state index in [0.717, 1.165) is 17.8 Å². The molecule has 5 aromatic rings. The van der Waals surface area contributed by atoms with E-state index in [0.29, 0.717) is 0 Å². The van der Waals surface area contributed by atoms with Gasteiger partial charge in [0.15, 0.2) is 0 Å². The molecule has 4 aromatic carbocycles. The molecule has 0 amide bonds. The quantitative estimate of drug-likeness (QED) is 0.247. The standard InChI is InChI=1S/C30H19BN2O/c1-3-12-22-18(8-1)20-10-5-11-21-19-9-2-4-13-23(19)33-25-15-7-17-27-29(25)28-24(14-6-16-26(28)34-27)32(22)31(33)30(20)21/h1-14,16-17,25H,15H2. The normalized spacial score (nSPS) is 17.9. The van der Waals surface area contributed by atoms with Gasteiger partial charge in [-0.15, -0.1) is 0 Å². The number of anilines is 3. The Morgan fingerprint density at radius 3 is 2.24 bits per heavy atom. The van der Waals surface area contributed by atoms with Crippen LogP contribution in [0.4, 0.5) is 17.1 Å². The fourth-order valence-corrected chi connectivity index (χ4v) is 6.91. The second kappa shape index (κ2) is 5.84. The zero-order chi connectivity index (χ0) is 22.0. The highest BCUT2D eigenvalue weighted by Gasteiger charge is 2.51. The van der Waals surface area contributed by atoms with Gasteiger partial charge in [0, 0.05) is 39.1 Å². The molecule has 0 saturated heterocycles. The average Bonchev–Trinajstić information content (AvgIpc) is 3.22. The van der Waals surface area contributed by atoms with Gasteiger partial charge in [-0.25, -0.2) is 0 Å². The van der Waals surface area contributed by atoms with E-state index < -0.39 is 0 Å². The highest BCUT2D eigenvalue weighted by molar-refractivity contribution is 6.85. The van der Waals surface area contributed by atoms with Crippen molar-refractivity contribution in [2.24, 2.45) is 0 Å². The Morgan fingerprint density at radius 2 is 1.38 bits per heavy atom. The van der Waals surface area contributed by atoms with E-state index >= 15 is 0 Å². The largest absolute Gasteiger partial charge is 0.456 e. The van der Waals surface area contributed by atoms with Crippen LogP contribution in [0.25, 0.3) is 39.3 Å². The Labute approximate surface area is 197 Å². The SMILES string of the molecule is C1=Cc2oc3cccc4c3c2C(C1)N1B2c3c(cccc3-c3ccccc31)-c1ccccc1N24. The first kappa shape index (κ1) is 17.3. The van der Waals surface area contributed by atoms with Crippen LogP contribution >= 0.6 is 0 Å². The third-order valence-corrected chi connectivity index (χ3v) is 8.11. The summed E-state index contributed by atoms with van der Waals surface area (Å²) >= 11 is 0. The molecule has 158 valence electrons. The first-order valence-corrected chi connectivity index (χ1v) is 12.0. The van der Waals surface area contributed by atoms with Gasteiger partial charge in [0.05, 0.1) is 6.04 Å². The number of rotatable bonds is 0. The zero-order valence-electron chi connectivity index (χ0n) is 18.4. The molecule has 4 heteroatoms. The van der Waals surface area contributed by atoms with E-state index in [1.807, 2.05) is 0 Å². The number of furan rings is 1. The van der Waals surface area contributed by atoms with Gasteiger partial charge in [0.1, 0.15) is 11.3 Å². The van der Waals surface area contributed by atoms with Crippen molar-refractivity contribution in [2.75, 3.05) is 9.62 Å². The van der Waals surface area contributed by atoms with Gasteiger partial charge >= 0.3 is 6.98 Å². The highest BCUT2D eigenvalue weighted by Crippen LogP contribution is 2.55. The smallest absolute Gasteiger partial charge is 0.417 e. The average molecular weight is 434 g/mol. The van der Waals surface area contributed by atoms with Crippen molar-refractivity contribution in [1.82, 2.24) is 0 Å². The minimum absolute atomic E-state index is 0.0818. The van der Waals surface area contributed by atoms with Crippen LogP contribution in [0, 0.1) is 0 Å². The summed E-state index contributed by atoms with van der Waals surface area (Å²) in [4.78, 5) is 5.25. The Hall–Kier alpha value is -4.18. The number of para-hydroxylation sites is 2. The molecule has 1 aromatic heterocycles. The molecule has 0 N–H and O–H groups in total. The van der Waals surface area contributed by atoms with E-state index in [1.165, 1.54) is 55.7 Å². The number of hydrogen-bond acceptors (Lipinski definition) is 3. The fraction of sp³-hybridized carbons (Fsp3) is 0.0667. The molecule has 0 fully saturated rings. The van der Waals surface area contributed by atoms with Crippen LogP contribution in [0.15, 0.2) is 95.4 Å². The lowest BCUT2D eigenvalue weighted by Gasteiger charge is -2.49. The monoisotopic (exact) mass is 434 g/mol. The van der Waals surface area contributed by atoms with Crippen LogP contribution in [-0.4, -0.2) is 6.98 Å². The molecule has 0 radical (unpaired) electrons. The zero-order valence-corrected chi connectivity index (χ0v) is 18.4.